The van der Waals surface area contributed by atoms with Crippen molar-refractivity contribution in [3.05, 3.63) is 24.4 Å². The Kier molecular flexibility index (Phi) is 5.35. The second kappa shape index (κ2) is 5.83. The van der Waals surface area contributed by atoms with Crippen LogP contribution in [0.25, 0.3) is 0 Å². The van der Waals surface area contributed by atoms with Gasteiger partial charge in [0.1, 0.15) is 0 Å². The van der Waals surface area contributed by atoms with E-state index in [2.05, 4.69) is 30.7 Å². The van der Waals surface area contributed by atoms with Crippen LogP contribution in [0.3, 0.4) is 0 Å². The van der Waals surface area contributed by atoms with Gasteiger partial charge in [0, 0.05) is 13.2 Å². The Morgan fingerprint density at radius 2 is 2.27 bits per heavy atom. The number of allylic oxidation sites excluding steroid dienone is 2. The van der Waals surface area contributed by atoms with Gasteiger partial charge in [0.15, 0.2) is 0 Å². The fourth-order valence-corrected chi connectivity index (χ4v) is 0.814. The lowest BCUT2D eigenvalue weighted by Crippen LogP contribution is -1.92. The van der Waals surface area contributed by atoms with E-state index in [4.69, 9.17) is 0 Å². The van der Waals surface area contributed by atoms with Gasteiger partial charge in [0.25, 0.3) is 0 Å². The predicted octanol–water partition coefficient (Wildman–Crippen LogP) is 3.18. The van der Waals surface area contributed by atoms with Crippen molar-refractivity contribution in [1.29, 1.82) is 0 Å². The van der Waals surface area contributed by atoms with Crippen LogP contribution in [0.1, 0.15) is 20.3 Å². The number of hydrogen-bond donors (Lipinski definition) is 0. The van der Waals surface area contributed by atoms with Crippen molar-refractivity contribution in [2.45, 2.75) is 20.3 Å². The molecule has 0 saturated carbocycles. The summed E-state index contributed by atoms with van der Waals surface area (Å²) in [4.78, 5) is 0. The molecule has 0 rings (SSSR count). The number of nitrogens with zero attached hydrogens (tertiary/aromatic N) is 2. The maximum atomic E-state index is 3.83. The lowest BCUT2D eigenvalue weighted by Gasteiger charge is -2.06. The van der Waals surface area contributed by atoms with Crippen LogP contribution < -0.4 is 0 Å². The summed E-state index contributed by atoms with van der Waals surface area (Å²) in [6, 6.07) is 0. The van der Waals surface area contributed by atoms with E-state index in [0.717, 1.165) is 6.42 Å². The first kappa shape index (κ1) is 10.1. The molecule has 1 atom stereocenters. The first-order valence-corrected chi connectivity index (χ1v) is 3.86. The molecule has 0 saturated heterocycles. The van der Waals surface area contributed by atoms with E-state index < -0.39 is 0 Å². The lowest BCUT2D eigenvalue weighted by atomic mass is 10.0. The van der Waals surface area contributed by atoms with Crippen molar-refractivity contribution in [2.24, 2.45) is 16.1 Å². The minimum Gasteiger partial charge on any atom is -0.193 e. The van der Waals surface area contributed by atoms with Gasteiger partial charge >= 0.3 is 0 Å². The Morgan fingerprint density at radius 3 is 2.64 bits per heavy atom. The molecule has 0 radical (unpaired) electrons. The Morgan fingerprint density at radius 1 is 1.64 bits per heavy atom. The van der Waals surface area contributed by atoms with Gasteiger partial charge in [0.05, 0.1) is 0 Å². The van der Waals surface area contributed by atoms with Crippen LogP contribution in [-0.2, 0) is 0 Å². The third-order valence-electron chi connectivity index (χ3n) is 1.69. The van der Waals surface area contributed by atoms with Crippen LogP contribution in [0.5, 0.6) is 0 Å². The fourth-order valence-electron chi connectivity index (χ4n) is 0.814. The normalized spacial score (nSPS) is 15.4. The molecule has 0 aliphatic rings. The van der Waals surface area contributed by atoms with Gasteiger partial charge in [-0.05, 0) is 17.9 Å². The molecule has 0 aliphatic heterocycles. The Bertz CT molecular complexity index is 168. The molecule has 0 bridgehead atoms. The van der Waals surface area contributed by atoms with Crippen LogP contribution in [0.2, 0.25) is 0 Å². The first-order valence-electron chi connectivity index (χ1n) is 3.86. The molecule has 0 fully saturated rings. The van der Waals surface area contributed by atoms with Gasteiger partial charge in [-0.2, -0.15) is 10.2 Å². The summed E-state index contributed by atoms with van der Waals surface area (Å²) >= 11 is 0. The van der Waals surface area contributed by atoms with E-state index in [-0.39, 0.29) is 0 Å². The quantitative estimate of drug-likeness (QED) is 0.436. The van der Waals surface area contributed by atoms with Crippen LogP contribution in [0.4, 0.5) is 0 Å². The zero-order valence-corrected chi connectivity index (χ0v) is 7.54. The maximum absolute atomic E-state index is 3.83. The number of azo groups is 1. The standard InChI is InChI=1S/C9H16N2/c1-5-8(3)9(6-2)7-11-10-4/h5,7-8H,1,6H2,2-4H3/b9-7-,11-10-. The highest BCUT2D eigenvalue weighted by atomic mass is 15.1. The summed E-state index contributed by atoms with van der Waals surface area (Å²) in [7, 11) is 1.67. The van der Waals surface area contributed by atoms with Gasteiger partial charge in [-0.1, -0.05) is 19.9 Å². The van der Waals surface area contributed by atoms with Crippen molar-refractivity contribution in [1.82, 2.24) is 0 Å². The highest BCUT2D eigenvalue weighted by Crippen LogP contribution is 2.14. The minimum atomic E-state index is 0.408. The summed E-state index contributed by atoms with van der Waals surface area (Å²) in [5.41, 5.74) is 1.27. The topological polar surface area (TPSA) is 24.7 Å². The smallest absolute Gasteiger partial charge is 0.0491 e. The van der Waals surface area contributed by atoms with E-state index in [1.165, 1.54) is 5.57 Å². The van der Waals surface area contributed by atoms with Gasteiger partial charge in [0.2, 0.25) is 0 Å². The van der Waals surface area contributed by atoms with Gasteiger partial charge in [-0.15, -0.1) is 6.58 Å². The summed E-state index contributed by atoms with van der Waals surface area (Å²) in [6.07, 6.45) is 4.74. The molecule has 0 aromatic rings. The van der Waals surface area contributed by atoms with Crippen LogP contribution >= 0.6 is 0 Å². The van der Waals surface area contributed by atoms with Gasteiger partial charge < -0.3 is 0 Å². The number of rotatable bonds is 4. The van der Waals surface area contributed by atoms with Crippen LogP contribution in [-0.4, -0.2) is 7.05 Å². The predicted molar refractivity (Wildman–Crippen MR) is 48.5 cm³/mol. The monoisotopic (exact) mass is 152 g/mol. The zero-order chi connectivity index (χ0) is 8.69. The summed E-state index contributed by atoms with van der Waals surface area (Å²) in [6.45, 7) is 7.94. The summed E-state index contributed by atoms with van der Waals surface area (Å²) in [5.74, 6) is 0.408. The zero-order valence-electron chi connectivity index (χ0n) is 7.54. The average Bonchev–Trinajstić information content (AvgIpc) is 2.05. The first-order chi connectivity index (χ1) is 5.26. The van der Waals surface area contributed by atoms with Crippen molar-refractivity contribution in [3.63, 3.8) is 0 Å². The molecule has 11 heavy (non-hydrogen) atoms. The molecule has 0 aromatic carbocycles. The molecular formula is C9H16N2. The molecule has 0 heterocycles. The summed E-state index contributed by atoms with van der Waals surface area (Å²) < 4.78 is 0. The molecular weight excluding hydrogens is 136 g/mol. The largest absolute Gasteiger partial charge is 0.193 e. The van der Waals surface area contributed by atoms with Crippen molar-refractivity contribution in [3.8, 4) is 0 Å². The average molecular weight is 152 g/mol. The summed E-state index contributed by atoms with van der Waals surface area (Å²) in [5, 5.41) is 7.48. The third kappa shape index (κ3) is 3.71. The van der Waals surface area contributed by atoms with Crippen molar-refractivity contribution < 1.29 is 0 Å². The van der Waals surface area contributed by atoms with Crippen molar-refractivity contribution in [2.75, 3.05) is 7.05 Å². The molecule has 0 N–H and O–H groups in total. The van der Waals surface area contributed by atoms with E-state index >= 15 is 0 Å². The Balaban J connectivity index is 4.25. The SMILES string of the molecule is C=CC(C)/C(=C\N=N/C)CC. The molecule has 2 nitrogen and oxygen atoms in total. The maximum Gasteiger partial charge on any atom is 0.0491 e. The molecule has 62 valence electrons. The molecule has 0 amide bonds. The second-order valence-electron chi connectivity index (χ2n) is 2.40. The molecule has 0 aromatic heterocycles. The van der Waals surface area contributed by atoms with E-state index in [1.807, 2.05) is 12.3 Å². The highest BCUT2D eigenvalue weighted by Gasteiger charge is 2.00. The molecule has 0 aliphatic carbocycles. The Hall–Kier alpha value is -0.920. The lowest BCUT2D eigenvalue weighted by molar-refractivity contribution is 0.803. The van der Waals surface area contributed by atoms with Crippen LogP contribution in [0, 0.1) is 5.92 Å². The van der Waals surface area contributed by atoms with E-state index in [9.17, 15) is 0 Å². The third-order valence-corrected chi connectivity index (χ3v) is 1.69. The Labute approximate surface area is 68.7 Å². The molecule has 2 heteroatoms. The molecule has 0 spiro atoms. The van der Waals surface area contributed by atoms with E-state index in [0.29, 0.717) is 5.92 Å². The van der Waals surface area contributed by atoms with Gasteiger partial charge in [-0.25, -0.2) is 0 Å². The second-order valence-corrected chi connectivity index (χ2v) is 2.40. The van der Waals surface area contributed by atoms with E-state index in [1.54, 1.807) is 7.05 Å². The van der Waals surface area contributed by atoms with Crippen LogP contribution in [0.15, 0.2) is 34.7 Å². The van der Waals surface area contributed by atoms with Crippen molar-refractivity contribution >= 4 is 0 Å². The molecule has 1 unspecified atom stereocenters. The fraction of sp³-hybridized carbons (Fsp3) is 0.556. The minimum absolute atomic E-state index is 0.408. The highest BCUT2D eigenvalue weighted by molar-refractivity contribution is 5.09. The van der Waals surface area contributed by atoms with Gasteiger partial charge in [-0.3, -0.25) is 0 Å². The number of hydrogen-bond acceptors (Lipinski definition) is 2.